The van der Waals surface area contributed by atoms with Gasteiger partial charge >= 0.3 is 12.0 Å². The third-order valence-electron chi connectivity index (χ3n) is 3.01. The van der Waals surface area contributed by atoms with Gasteiger partial charge in [-0.05, 0) is 26.7 Å². The maximum atomic E-state index is 11.6. The molecule has 3 N–H and O–H groups in total. The molecule has 1 fully saturated rings. The van der Waals surface area contributed by atoms with Crippen LogP contribution in [-0.4, -0.2) is 42.3 Å². The lowest BCUT2D eigenvalue weighted by molar-refractivity contribution is -0.133. The molecular formula is C12H18N2O5. The number of urea groups is 1. The molecule has 7 nitrogen and oxygen atoms in total. The number of imide groups is 1. The number of carboxylic acid groups (broad SMARTS) is 1. The van der Waals surface area contributed by atoms with Crippen molar-refractivity contribution in [1.82, 2.24) is 10.6 Å². The molecule has 0 aliphatic carbocycles. The Kier molecular flexibility index (Phi) is 5.50. The number of hydrogen-bond acceptors (Lipinski definition) is 4. The minimum absolute atomic E-state index is 0.00891. The molecule has 0 radical (unpaired) electrons. The first-order valence-electron chi connectivity index (χ1n) is 6.02. The van der Waals surface area contributed by atoms with Crippen LogP contribution in [0.3, 0.4) is 0 Å². The number of carbonyl (C=O) groups excluding carboxylic acids is 2. The topological polar surface area (TPSA) is 105 Å². The van der Waals surface area contributed by atoms with Crippen molar-refractivity contribution in [2.75, 3.05) is 13.2 Å². The van der Waals surface area contributed by atoms with Gasteiger partial charge in [0.15, 0.2) is 0 Å². The zero-order valence-corrected chi connectivity index (χ0v) is 11.0. The molecule has 1 aliphatic rings. The lowest BCUT2D eigenvalue weighted by atomic mass is 10.1. The van der Waals surface area contributed by atoms with Crippen LogP contribution < -0.4 is 10.6 Å². The van der Waals surface area contributed by atoms with Gasteiger partial charge in [0.2, 0.25) is 0 Å². The highest BCUT2D eigenvalue weighted by atomic mass is 16.5. The van der Waals surface area contributed by atoms with Crippen molar-refractivity contribution in [1.29, 1.82) is 0 Å². The van der Waals surface area contributed by atoms with Crippen molar-refractivity contribution in [3.8, 4) is 0 Å². The summed E-state index contributed by atoms with van der Waals surface area (Å²) in [5, 5.41) is 13.5. The summed E-state index contributed by atoms with van der Waals surface area (Å²) in [4.78, 5) is 33.9. The Balaban J connectivity index is 2.50. The molecule has 106 valence electrons. The van der Waals surface area contributed by atoms with E-state index in [0.717, 1.165) is 0 Å². The van der Waals surface area contributed by atoms with Gasteiger partial charge < -0.3 is 15.2 Å². The van der Waals surface area contributed by atoms with E-state index in [0.29, 0.717) is 26.1 Å². The van der Waals surface area contributed by atoms with Crippen LogP contribution in [-0.2, 0) is 14.3 Å². The van der Waals surface area contributed by atoms with E-state index in [2.05, 4.69) is 10.6 Å². The first-order chi connectivity index (χ1) is 8.91. The lowest BCUT2D eigenvalue weighted by Crippen LogP contribution is -2.46. The van der Waals surface area contributed by atoms with Crippen LogP contribution in [0, 0.1) is 0 Å². The van der Waals surface area contributed by atoms with Crippen molar-refractivity contribution >= 4 is 17.9 Å². The van der Waals surface area contributed by atoms with E-state index in [1.54, 1.807) is 0 Å². The monoisotopic (exact) mass is 270 g/mol. The standard InChI is InChI=1S/C12H18N2O5/c1-7(8(2)11(16)17)10(15)14-12(18)13-9-3-5-19-6-4-9/h9H,3-6H2,1-2H3,(H,16,17)(H2,13,14,15,18). The van der Waals surface area contributed by atoms with E-state index >= 15 is 0 Å². The predicted molar refractivity (Wildman–Crippen MR) is 66.5 cm³/mol. The van der Waals surface area contributed by atoms with E-state index < -0.39 is 17.9 Å². The van der Waals surface area contributed by atoms with Crippen LogP contribution in [0.15, 0.2) is 11.1 Å². The lowest BCUT2D eigenvalue weighted by Gasteiger charge is -2.23. The SMILES string of the molecule is CC(C(=O)O)=C(C)C(=O)NC(=O)NC1CCOCC1. The molecule has 0 bridgehead atoms. The summed E-state index contributed by atoms with van der Waals surface area (Å²) in [7, 11) is 0. The minimum Gasteiger partial charge on any atom is -0.478 e. The molecule has 0 saturated carbocycles. The molecule has 7 heteroatoms. The van der Waals surface area contributed by atoms with Crippen molar-refractivity contribution in [3.05, 3.63) is 11.1 Å². The van der Waals surface area contributed by atoms with Gasteiger partial charge in [0.25, 0.3) is 5.91 Å². The molecule has 1 aliphatic heterocycles. The fourth-order valence-electron chi connectivity index (χ4n) is 1.59. The largest absolute Gasteiger partial charge is 0.478 e. The van der Waals surface area contributed by atoms with Gasteiger partial charge in [-0.25, -0.2) is 9.59 Å². The van der Waals surface area contributed by atoms with Crippen molar-refractivity contribution in [2.45, 2.75) is 32.7 Å². The van der Waals surface area contributed by atoms with Crippen LogP contribution in [0.5, 0.6) is 0 Å². The summed E-state index contributed by atoms with van der Waals surface area (Å²) in [5.74, 6) is -1.89. The smallest absolute Gasteiger partial charge is 0.331 e. The Morgan fingerprint density at radius 3 is 2.21 bits per heavy atom. The van der Waals surface area contributed by atoms with Gasteiger partial charge in [-0.2, -0.15) is 0 Å². The van der Waals surface area contributed by atoms with Crippen LogP contribution >= 0.6 is 0 Å². The average Bonchev–Trinajstić information content (AvgIpc) is 2.37. The van der Waals surface area contributed by atoms with Gasteiger partial charge in [0.1, 0.15) is 0 Å². The Morgan fingerprint density at radius 2 is 1.68 bits per heavy atom. The number of hydrogen-bond donors (Lipinski definition) is 3. The van der Waals surface area contributed by atoms with E-state index in [1.165, 1.54) is 13.8 Å². The van der Waals surface area contributed by atoms with Crippen LogP contribution in [0.1, 0.15) is 26.7 Å². The number of carbonyl (C=O) groups is 3. The summed E-state index contributed by atoms with van der Waals surface area (Å²) >= 11 is 0. The number of aliphatic carboxylic acids is 1. The average molecular weight is 270 g/mol. The summed E-state index contributed by atoms with van der Waals surface area (Å²) in [6.07, 6.45) is 1.40. The fourth-order valence-corrected chi connectivity index (χ4v) is 1.59. The highest BCUT2D eigenvalue weighted by Crippen LogP contribution is 2.06. The van der Waals surface area contributed by atoms with Crippen molar-refractivity contribution in [3.63, 3.8) is 0 Å². The van der Waals surface area contributed by atoms with Gasteiger partial charge in [0, 0.05) is 30.4 Å². The third-order valence-corrected chi connectivity index (χ3v) is 3.01. The molecule has 0 aromatic carbocycles. The second kappa shape index (κ2) is 6.89. The summed E-state index contributed by atoms with van der Waals surface area (Å²) in [6.45, 7) is 3.83. The molecule has 0 aromatic rings. The first kappa shape index (κ1) is 15.2. The molecule has 1 rings (SSSR count). The molecule has 0 unspecified atom stereocenters. The van der Waals surface area contributed by atoms with Crippen LogP contribution in [0.25, 0.3) is 0 Å². The summed E-state index contributed by atoms with van der Waals surface area (Å²) in [6, 6.07) is -0.638. The van der Waals surface area contributed by atoms with E-state index in [1.807, 2.05) is 0 Å². The Labute approximate surface area is 111 Å². The van der Waals surface area contributed by atoms with Gasteiger partial charge in [-0.1, -0.05) is 0 Å². The minimum atomic E-state index is -1.18. The maximum absolute atomic E-state index is 11.6. The summed E-state index contributed by atoms with van der Waals surface area (Å²) in [5.41, 5.74) is -0.0778. The Morgan fingerprint density at radius 1 is 1.11 bits per heavy atom. The quantitative estimate of drug-likeness (QED) is 0.644. The maximum Gasteiger partial charge on any atom is 0.331 e. The number of amides is 3. The van der Waals surface area contributed by atoms with Crippen molar-refractivity contribution < 1.29 is 24.2 Å². The normalized spacial score (nSPS) is 17.4. The zero-order valence-electron chi connectivity index (χ0n) is 11.0. The zero-order chi connectivity index (χ0) is 14.4. The van der Waals surface area contributed by atoms with Crippen molar-refractivity contribution in [2.24, 2.45) is 0 Å². The van der Waals surface area contributed by atoms with Gasteiger partial charge in [-0.15, -0.1) is 0 Å². The van der Waals surface area contributed by atoms with Gasteiger partial charge in [0.05, 0.1) is 0 Å². The first-order valence-corrected chi connectivity index (χ1v) is 6.02. The van der Waals surface area contributed by atoms with E-state index in [4.69, 9.17) is 9.84 Å². The van der Waals surface area contributed by atoms with Gasteiger partial charge in [-0.3, -0.25) is 10.1 Å². The second-order valence-corrected chi connectivity index (χ2v) is 4.37. The molecule has 1 heterocycles. The Bertz CT molecular complexity index is 410. The molecule has 0 spiro atoms. The van der Waals surface area contributed by atoms with E-state index in [-0.39, 0.29) is 17.2 Å². The Hall–Kier alpha value is -1.89. The van der Waals surface area contributed by atoms with Crippen LogP contribution in [0.2, 0.25) is 0 Å². The summed E-state index contributed by atoms with van der Waals surface area (Å²) < 4.78 is 5.15. The highest BCUT2D eigenvalue weighted by molar-refractivity contribution is 6.07. The number of carboxylic acids is 1. The molecule has 0 aromatic heterocycles. The second-order valence-electron chi connectivity index (χ2n) is 4.37. The van der Waals surface area contributed by atoms with Crippen LogP contribution in [0.4, 0.5) is 4.79 Å². The molecular weight excluding hydrogens is 252 g/mol. The molecule has 0 atom stereocenters. The van der Waals surface area contributed by atoms with E-state index in [9.17, 15) is 14.4 Å². The molecule has 19 heavy (non-hydrogen) atoms. The molecule has 1 saturated heterocycles. The fraction of sp³-hybridized carbons (Fsp3) is 0.583. The number of ether oxygens (including phenoxy) is 1. The predicted octanol–water partition coefficient (Wildman–Crippen LogP) is 0.412. The molecule has 3 amide bonds. The third kappa shape index (κ3) is 4.70. The number of nitrogens with one attached hydrogen (secondary N) is 2. The highest BCUT2D eigenvalue weighted by Gasteiger charge is 2.19. The number of rotatable bonds is 3.